The summed E-state index contributed by atoms with van der Waals surface area (Å²) in [5, 5.41) is 6.07. The molecule has 0 fully saturated rings. The van der Waals surface area contributed by atoms with Crippen LogP contribution in [0.1, 0.15) is 0 Å². The minimum absolute atomic E-state index is 0.555. The van der Waals surface area contributed by atoms with Gasteiger partial charge in [-0.3, -0.25) is 0 Å². The van der Waals surface area contributed by atoms with Gasteiger partial charge in [0.05, 0.1) is 0 Å². The third-order valence-corrected chi connectivity index (χ3v) is 1.87. The molecule has 1 N–H and O–H groups in total. The van der Waals surface area contributed by atoms with Crippen LogP contribution < -0.4 is 5.32 Å². The smallest absolute Gasteiger partial charge is 0.183 e. The molecule has 1 aromatic rings. The lowest BCUT2D eigenvalue weighted by atomic mass is 11.0. The first kappa shape index (κ1) is 5.85. The third-order valence-electron chi connectivity index (χ3n) is 0.690. The molecule has 0 saturated heterocycles. The highest BCUT2D eigenvalue weighted by atomic mass is 35.5. The number of thiazole rings is 1. The minimum atomic E-state index is 0.555. The molecule has 2 nitrogen and oxygen atoms in total. The van der Waals surface area contributed by atoms with Gasteiger partial charge in [0.25, 0.3) is 0 Å². The Labute approximate surface area is 56.5 Å². The van der Waals surface area contributed by atoms with Crippen LogP contribution in [0.15, 0.2) is 5.38 Å². The van der Waals surface area contributed by atoms with Crippen molar-refractivity contribution in [3.63, 3.8) is 0 Å². The molecule has 8 heavy (non-hydrogen) atoms. The predicted octanol–water partition coefficient (Wildman–Crippen LogP) is 1.84. The maximum atomic E-state index is 5.50. The zero-order valence-electron chi connectivity index (χ0n) is 4.31. The second-order valence-electron chi connectivity index (χ2n) is 1.23. The van der Waals surface area contributed by atoms with Crippen molar-refractivity contribution in [2.75, 3.05) is 12.4 Å². The summed E-state index contributed by atoms with van der Waals surface area (Å²) in [6.07, 6.45) is 0. The summed E-state index contributed by atoms with van der Waals surface area (Å²) in [6, 6.07) is 0. The van der Waals surface area contributed by atoms with E-state index in [-0.39, 0.29) is 0 Å². The van der Waals surface area contributed by atoms with E-state index in [4.69, 9.17) is 11.6 Å². The number of aromatic nitrogens is 1. The average molecular weight is 149 g/mol. The first-order valence-corrected chi connectivity index (χ1v) is 3.37. The normalized spacial score (nSPS) is 9.25. The molecule has 0 aromatic carbocycles. The Hall–Kier alpha value is -0.280. The average Bonchev–Trinajstić information content (AvgIpc) is 2.14. The molecule has 1 aromatic heterocycles. The fourth-order valence-electron chi connectivity index (χ4n) is 0.369. The number of rotatable bonds is 1. The summed E-state index contributed by atoms with van der Waals surface area (Å²) in [6.45, 7) is 0. The molecular weight excluding hydrogens is 144 g/mol. The molecular formula is C4H5ClN2S. The Bertz CT molecular complexity index is 174. The highest BCUT2D eigenvalue weighted by Crippen LogP contribution is 2.17. The van der Waals surface area contributed by atoms with Crippen LogP contribution in [0.3, 0.4) is 0 Å². The Morgan fingerprint density at radius 3 is 2.88 bits per heavy atom. The van der Waals surface area contributed by atoms with Crippen LogP contribution in [0.2, 0.25) is 5.15 Å². The van der Waals surface area contributed by atoms with E-state index < -0.39 is 0 Å². The molecule has 0 bridgehead atoms. The molecule has 0 atom stereocenters. The number of anilines is 1. The molecule has 0 unspecified atom stereocenters. The van der Waals surface area contributed by atoms with Crippen molar-refractivity contribution in [2.24, 2.45) is 0 Å². The summed E-state index contributed by atoms with van der Waals surface area (Å²) in [5.41, 5.74) is 0. The van der Waals surface area contributed by atoms with Crippen molar-refractivity contribution in [2.45, 2.75) is 0 Å². The Morgan fingerprint density at radius 2 is 2.62 bits per heavy atom. The van der Waals surface area contributed by atoms with Crippen LogP contribution >= 0.6 is 22.9 Å². The summed E-state index contributed by atoms with van der Waals surface area (Å²) in [5.74, 6) is 0. The van der Waals surface area contributed by atoms with Crippen molar-refractivity contribution in [3.05, 3.63) is 10.5 Å². The summed E-state index contributed by atoms with van der Waals surface area (Å²) in [7, 11) is 1.81. The first-order chi connectivity index (χ1) is 3.83. The maximum Gasteiger partial charge on any atom is 0.183 e. The fourth-order valence-corrected chi connectivity index (χ4v) is 1.17. The van der Waals surface area contributed by atoms with E-state index in [1.807, 2.05) is 7.05 Å². The van der Waals surface area contributed by atoms with Gasteiger partial charge in [-0.25, -0.2) is 4.98 Å². The van der Waals surface area contributed by atoms with Crippen LogP contribution in [-0.2, 0) is 0 Å². The Morgan fingerprint density at radius 1 is 1.88 bits per heavy atom. The van der Waals surface area contributed by atoms with E-state index in [0.717, 1.165) is 5.13 Å². The number of nitrogens with one attached hydrogen (secondary N) is 1. The second kappa shape index (κ2) is 2.33. The van der Waals surface area contributed by atoms with E-state index >= 15 is 0 Å². The summed E-state index contributed by atoms with van der Waals surface area (Å²) < 4.78 is 0. The van der Waals surface area contributed by atoms with Gasteiger partial charge in [-0.15, -0.1) is 11.3 Å². The standard InChI is InChI=1S/C4H5ClN2S/c1-6-4-7-3(5)2-8-4/h2H,1H3,(H,6,7). The molecule has 1 heterocycles. The number of nitrogens with zero attached hydrogens (tertiary/aromatic N) is 1. The van der Waals surface area contributed by atoms with Crippen LogP contribution in [0.5, 0.6) is 0 Å². The van der Waals surface area contributed by atoms with E-state index in [1.165, 1.54) is 11.3 Å². The van der Waals surface area contributed by atoms with E-state index in [0.29, 0.717) is 5.15 Å². The summed E-state index contributed by atoms with van der Waals surface area (Å²) in [4.78, 5) is 3.90. The van der Waals surface area contributed by atoms with Gasteiger partial charge in [0.1, 0.15) is 5.15 Å². The second-order valence-corrected chi connectivity index (χ2v) is 2.47. The highest BCUT2D eigenvalue weighted by Gasteiger charge is 1.92. The van der Waals surface area contributed by atoms with Gasteiger partial charge in [0.2, 0.25) is 0 Å². The zero-order chi connectivity index (χ0) is 5.98. The van der Waals surface area contributed by atoms with E-state index in [1.54, 1.807) is 5.38 Å². The molecule has 0 amide bonds. The SMILES string of the molecule is CNc1nc(Cl)cs1. The Balaban J connectivity index is 2.84. The van der Waals surface area contributed by atoms with Gasteiger partial charge < -0.3 is 5.32 Å². The van der Waals surface area contributed by atoms with Crippen molar-refractivity contribution >= 4 is 28.1 Å². The third kappa shape index (κ3) is 1.11. The molecule has 1 rings (SSSR count). The van der Waals surface area contributed by atoms with E-state index in [9.17, 15) is 0 Å². The van der Waals surface area contributed by atoms with Gasteiger partial charge >= 0.3 is 0 Å². The van der Waals surface area contributed by atoms with Gasteiger partial charge in [0.15, 0.2) is 5.13 Å². The van der Waals surface area contributed by atoms with Crippen molar-refractivity contribution in [1.82, 2.24) is 4.98 Å². The largest absolute Gasteiger partial charge is 0.365 e. The molecule has 0 spiro atoms. The van der Waals surface area contributed by atoms with Crippen molar-refractivity contribution in [3.8, 4) is 0 Å². The Kier molecular flexibility index (Phi) is 1.70. The molecule has 0 aliphatic carbocycles. The molecule has 44 valence electrons. The van der Waals surface area contributed by atoms with Gasteiger partial charge in [-0.05, 0) is 0 Å². The number of hydrogen-bond donors (Lipinski definition) is 1. The molecule has 0 aliphatic heterocycles. The maximum absolute atomic E-state index is 5.50. The van der Waals surface area contributed by atoms with E-state index in [2.05, 4.69) is 10.3 Å². The molecule has 0 aliphatic rings. The molecule has 0 radical (unpaired) electrons. The van der Waals surface area contributed by atoms with Crippen molar-refractivity contribution < 1.29 is 0 Å². The van der Waals surface area contributed by atoms with Crippen LogP contribution in [0.4, 0.5) is 5.13 Å². The monoisotopic (exact) mass is 148 g/mol. The van der Waals surface area contributed by atoms with Crippen LogP contribution in [-0.4, -0.2) is 12.0 Å². The topological polar surface area (TPSA) is 24.9 Å². The fraction of sp³-hybridized carbons (Fsp3) is 0.250. The summed E-state index contributed by atoms with van der Waals surface area (Å²) >= 11 is 6.99. The van der Waals surface area contributed by atoms with Crippen LogP contribution in [0, 0.1) is 0 Å². The quantitative estimate of drug-likeness (QED) is 0.658. The number of halogens is 1. The lowest BCUT2D eigenvalue weighted by Crippen LogP contribution is -1.83. The highest BCUT2D eigenvalue weighted by molar-refractivity contribution is 7.14. The van der Waals surface area contributed by atoms with Crippen LogP contribution in [0.25, 0.3) is 0 Å². The lowest BCUT2D eigenvalue weighted by Gasteiger charge is -1.84. The minimum Gasteiger partial charge on any atom is -0.365 e. The van der Waals surface area contributed by atoms with Gasteiger partial charge in [0, 0.05) is 12.4 Å². The van der Waals surface area contributed by atoms with Crippen molar-refractivity contribution in [1.29, 1.82) is 0 Å². The predicted molar refractivity (Wildman–Crippen MR) is 36.7 cm³/mol. The first-order valence-electron chi connectivity index (χ1n) is 2.11. The van der Waals surface area contributed by atoms with Gasteiger partial charge in [-0.2, -0.15) is 0 Å². The number of hydrogen-bond acceptors (Lipinski definition) is 3. The molecule has 0 saturated carbocycles. The lowest BCUT2D eigenvalue weighted by molar-refractivity contribution is 1.37. The molecule has 4 heteroatoms. The van der Waals surface area contributed by atoms with Gasteiger partial charge in [-0.1, -0.05) is 11.6 Å². The zero-order valence-corrected chi connectivity index (χ0v) is 5.88.